The predicted molar refractivity (Wildman–Crippen MR) is 109 cm³/mol. The Morgan fingerprint density at radius 1 is 0.833 bits per heavy atom. The lowest BCUT2D eigenvalue weighted by atomic mass is 10.3. The molecule has 0 amide bonds. The highest BCUT2D eigenvalue weighted by molar-refractivity contribution is 7.80. The summed E-state index contributed by atoms with van der Waals surface area (Å²) in [4.78, 5) is 0. The van der Waals surface area contributed by atoms with Gasteiger partial charge in [0.1, 0.15) is 11.5 Å². The van der Waals surface area contributed by atoms with Crippen LogP contribution in [0, 0.1) is 0 Å². The molecule has 0 aliphatic rings. The Morgan fingerprint density at radius 3 is 1.46 bits per heavy atom. The lowest BCUT2D eigenvalue weighted by Gasteiger charge is -2.12. The largest absolute Gasteiger partial charge is 0.494 e. The molecule has 128 valence electrons. The molecule has 0 atom stereocenters. The number of hydrogen-bond acceptors (Lipinski definition) is 3. The van der Waals surface area contributed by atoms with Crippen LogP contribution in [0.15, 0.2) is 48.5 Å². The van der Waals surface area contributed by atoms with E-state index in [9.17, 15) is 0 Å². The van der Waals surface area contributed by atoms with E-state index in [0.29, 0.717) is 18.3 Å². The number of anilines is 2. The van der Waals surface area contributed by atoms with Crippen molar-refractivity contribution >= 4 is 54.1 Å². The summed E-state index contributed by atoms with van der Waals surface area (Å²) in [5.74, 6) is 1.69. The molecule has 2 aromatic carbocycles. The first-order valence-electron chi connectivity index (χ1n) is 7.62. The van der Waals surface area contributed by atoms with Crippen LogP contribution in [-0.2, 0) is 0 Å². The Hall–Kier alpha value is -1.45. The summed E-state index contributed by atoms with van der Waals surface area (Å²) in [5.41, 5.74) is 1.82. The van der Waals surface area contributed by atoms with E-state index in [1.807, 2.05) is 62.4 Å². The van der Waals surface area contributed by atoms with Crippen molar-refractivity contribution in [3.63, 3.8) is 0 Å². The molecule has 0 bridgehead atoms. The third-order valence-corrected chi connectivity index (χ3v) is 3.05. The van der Waals surface area contributed by atoms with Crippen LogP contribution >= 0.6 is 22.3 Å². The molecule has 0 heterocycles. The van der Waals surface area contributed by atoms with Crippen molar-refractivity contribution in [2.75, 3.05) is 23.8 Å². The lowest BCUT2D eigenvalue weighted by molar-refractivity contribution is 0.340. The average molecular weight is 381 g/mol. The van der Waals surface area contributed by atoms with Crippen molar-refractivity contribution < 1.29 is 9.47 Å². The van der Waals surface area contributed by atoms with Crippen LogP contribution in [-0.4, -0.2) is 33.7 Å². The fourth-order valence-corrected chi connectivity index (χ4v) is 2.13. The summed E-state index contributed by atoms with van der Waals surface area (Å²) in [7, 11) is 4.78. The minimum Gasteiger partial charge on any atom is -0.494 e. The zero-order valence-corrected chi connectivity index (χ0v) is 17.7. The molecule has 2 rings (SSSR count). The quantitative estimate of drug-likeness (QED) is 0.584. The summed E-state index contributed by atoms with van der Waals surface area (Å²) >= 11 is 6.08. The molecule has 7 heteroatoms. The smallest absolute Gasteiger partial charge is 0.353 e. The lowest BCUT2D eigenvalue weighted by Crippen LogP contribution is -2.18. The van der Waals surface area contributed by atoms with E-state index in [1.54, 1.807) is 0 Å². The van der Waals surface area contributed by atoms with Crippen LogP contribution < -0.4 is 20.1 Å². The fourth-order valence-electron chi connectivity index (χ4n) is 1.90. The Balaban J connectivity index is 0.00000139. The Morgan fingerprint density at radius 2 is 1.17 bits per heavy atom. The maximum Gasteiger partial charge on any atom is 0.353 e. The van der Waals surface area contributed by atoms with E-state index in [1.165, 1.54) is 0 Å². The highest BCUT2D eigenvalue weighted by Gasteiger charge is 2.00. The maximum absolute atomic E-state index is 5.40. The summed E-state index contributed by atoms with van der Waals surface area (Å²) in [5, 5.41) is 6.80. The second-order valence-corrected chi connectivity index (χ2v) is 4.90. The normalized spacial score (nSPS) is 9.29. The molecule has 0 aliphatic carbocycles. The van der Waals surface area contributed by atoms with Gasteiger partial charge in [0.25, 0.3) is 0 Å². The average Bonchev–Trinajstić information content (AvgIpc) is 2.61. The summed E-state index contributed by atoms with van der Waals surface area (Å²) in [6.07, 6.45) is 0. The second kappa shape index (κ2) is 12.0. The topological polar surface area (TPSA) is 42.5 Å². The third-order valence-electron chi connectivity index (χ3n) is 2.85. The first kappa shape index (κ1) is 20.6. The van der Waals surface area contributed by atoms with Crippen LogP contribution in [0.5, 0.6) is 11.5 Å². The molecule has 0 aliphatic heterocycles. The summed E-state index contributed by atoms with van der Waals surface area (Å²) < 4.78 is 10.8. The van der Waals surface area contributed by atoms with Crippen molar-refractivity contribution in [3.8, 4) is 11.5 Å². The zero-order valence-electron chi connectivity index (χ0n) is 14.1. The molecular weight excluding hydrogens is 359 g/mol. The van der Waals surface area contributed by atoms with Crippen molar-refractivity contribution in [3.05, 3.63) is 48.5 Å². The summed E-state index contributed by atoms with van der Waals surface area (Å²) in [6, 6.07) is 15.3. The van der Waals surface area contributed by atoms with Crippen LogP contribution in [0.25, 0.3) is 0 Å². The number of hydrogen-bond donors (Lipinski definition) is 2. The number of halogens is 1. The van der Waals surface area contributed by atoms with E-state index in [-0.39, 0.29) is 0 Å². The number of benzene rings is 2. The van der Waals surface area contributed by atoms with E-state index in [4.69, 9.17) is 31.7 Å². The molecule has 0 fully saturated rings. The zero-order chi connectivity index (χ0) is 17.8. The molecule has 0 aromatic heterocycles. The Bertz CT molecular complexity index is 555. The van der Waals surface area contributed by atoms with Gasteiger partial charge in [-0.3, -0.25) is 10.0 Å². The third kappa shape index (κ3) is 7.41. The van der Waals surface area contributed by atoms with Crippen molar-refractivity contribution in [2.24, 2.45) is 0 Å². The van der Waals surface area contributed by atoms with E-state index in [2.05, 4.69) is 10.6 Å². The minimum absolute atomic E-state index is 0.535. The van der Waals surface area contributed by atoms with Gasteiger partial charge in [0.2, 0.25) is 0 Å². The molecular formula is C17H22AlClN2O2S. The first-order chi connectivity index (χ1) is 11.7. The van der Waals surface area contributed by atoms with Gasteiger partial charge < -0.3 is 20.1 Å². The standard InChI is InChI=1S/C17H20N2O2S.Al.ClH.2H/c1-3-20-15-9-5-13(6-10-15)18-17(22)19-14-7-11-16(12-8-14)21-4-2;;;;/h5-12H,3-4H2,1-2H3,(H2,18,19,22);;1H;;/q;+1;;;/p-1. The highest BCUT2D eigenvalue weighted by Crippen LogP contribution is 2.18. The number of thiocarbonyl (C=S) groups is 1. The molecule has 0 saturated heterocycles. The molecule has 0 radical (unpaired) electrons. The monoisotopic (exact) mass is 380 g/mol. The second-order valence-electron chi connectivity index (χ2n) is 4.49. The highest BCUT2D eigenvalue weighted by atomic mass is 35.6. The van der Waals surface area contributed by atoms with Gasteiger partial charge in [-0.25, -0.2) is 0 Å². The molecule has 0 spiro atoms. The molecule has 2 aromatic rings. The maximum atomic E-state index is 5.40. The minimum atomic E-state index is 0.535. The van der Waals surface area contributed by atoms with Crippen LogP contribution in [0.2, 0.25) is 0 Å². The SMILES string of the molecule is CCOc1ccc(NC(=S)Nc2ccc(OCC)cc2)cc1.[AlH2][Cl]. The van der Waals surface area contributed by atoms with Gasteiger partial charge in [0.15, 0.2) is 5.11 Å². The van der Waals surface area contributed by atoms with E-state index >= 15 is 0 Å². The van der Waals surface area contributed by atoms with Crippen molar-refractivity contribution in [1.82, 2.24) is 0 Å². The Labute approximate surface area is 161 Å². The predicted octanol–water partition coefficient (Wildman–Crippen LogP) is 4.07. The van der Waals surface area contributed by atoms with Gasteiger partial charge in [-0.05, 0) is 74.6 Å². The fraction of sp³-hybridized carbons (Fsp3) is 0.235. The van der Waals surface area contributed by atoms with Crippen LogP contribution in [0.3, 0.4) is 0 Å². The molecule has 0 saturated carbocycles. The van der Waals surface area contributed by atoms with Crippen molar-refractivity contribution in [2.45, 2.75) is 13.8 Å². The molecule has 24 heavy (non-hydrogen) atoms. The van der Waals surface area contributed by atoms with Gasteiger partial charge in [-0.15, -0.1) is 0 Å². The molecule has 0 unspecified atom stereocenters. The van der Waals surface area contributed by atoms with Gasteiger partial charge >= 0.3 is 15.4 Å². The van der Waals surface area contributed by atoms with Crippen molar-refractivity contribution in [1.29, 1.82) is 0 Å². The molecule has 2 N–H and O–H groups in total. The van der Waals surface area contributed by atoms with Crippen LogP contribution in [0.1, 0.15) is 13.8 Å². The Kier molecular flexibility index (Phi) is 10.3. The van der Waals surface area contributed by atoms with Gasteiger partial charge in [0.05, 0.1) is 13.2 Å². The number of nitrogens with one attached hydrogen (secondary N) is 2. The van der Waals surface area contributed by atoms with E-state index < -0.39 is 0 Å². The number of rotatable bonds is 6. The van der Waals surface area contributed by atoms with Gasteiger partial charge in [0, 0.05) is 11.4 Å². The number of ether oxygens (including phenoxy) is 2. The van der Waals surface area contributed by atoms with Gasteiger partial charge in [-0.1, -0.05) is 0 Å². The van der Waals surface area contributed by atoms with E-state index in [0.717, 1.165) is 38.2 Å². The molecule has 4 nitrogen and oxygen atoms in total. The first-order valence-corrected chi connectivity index (χ1v) is 11.1. The summed E-state index contributed by atoms with van der Waals surface area (Å²) in [6.45, 7) is 5.24. The van der Waals surface area contributed by atoms with Crippen LogP contribution in [0.4, 0.5) is 11.4 Å². The van der Waals surface area contributed by atoms with Gasteiger partial charge in [-0.2, -0.15) is 0 Å².